The molecule has 10 nitrogen and oxygen atoms in total. The maximum atomic E-state index is 11.5. The van der Waals surface area contributed by atoms with E-state index in [4.69, 9.17) is 0 Å². The van der Waals surface area contributed by atoms with Crippen LogP contribution in [0.15, 0.2) is 48.5 Å². The molecular weight excluding hydrogens is 378 g/mol. The van der Waals surface area contributed by atoms with E-state index in [9.17, 15) is 20.1 Å². The number of carbonyl (C=O) groups excluding carboxylic acids is 1. The molecule has 29 heavy (non-hydrogen) atoms. The summed E-state index contributed by atoms with van der Waals surface area (Å²) in [7, 11) is 1.21. The number of hydrogen-bond acceptors (Lipinski definition) is 10. The van der Waals surface area contributed by atoms with Gasteiger partial charge in [-0.1, -0.05) is 30.3 Å². The quantitative estimate of drug-likeness (QED) is 0.374. The molecule has 3 rings (SSSR count). The SMILES string of the molecule is COC(=O)c1ccc(Nc2nc(O)nc(NC(CO)c3ccccc3)n2)cc1O. The second-order valence-electron chi connectivity index (χ2n) is 5.92. The number of nitrogens with zero attached hydrogens (tertiary/aromatic N) is 3. The molecule has 0 aliphatic carbocycles. The summed E-state index contributed by atoms with van der Waals surface area (Å²) in [6.07, 6.45) is 0. The van der Waals surface area contributed by atoms with Crippen molar-refractivity contribution in [2.24, 2.45) is 0 Å². The number of rotatable bonds is 7. The molecule has 2 aromatic carbocycles. The van der Waals surface area contributed by atoms with Crippen LogP contribution in [0.5, 0.6) is 11.8 Å². The number of aliphatic hydroxyl groups is 1. The van der Waals surface area contributed by atoms with Crippen LogP contribution >= 0.6 is 0 Å². The Morgan fingerprint density at radius 3 is 2.45 bits per heavy atom. The van der Waals surface area contributed by atoms with Gasteiger partial charge in [0.25, 0.3) is 0 Å². The van der Waals surface area contributed by atoms with Gasteiger partial charge in [0.05, 0.1) is 19.8 Å². The second kappa shape index (κ2) is 8.85. The van der Waals surface area contributed by atoms with Crippen molar-refractivity contribution < 1.29 is 24.9 Å². The molecular formula is C19H19N5O5. The highest BCUT2D eigenvalue weighted by Crippen LogP contribution is 2.25. The number of aromatic nitrogens is 3. The summed E-state index contributed by atoms with van der Waals surface area (Å²) in [6.45, 7) is -0.220. The summed E-state index contributed by atoms with van der Waals surface area (Å²) in [6, 6.07) is 12.3. The fourth-order valence-electron chi connectivity index (χ4n) is 2.58. The number of esters is 1. The average molecular weight is 397 g/mol. The summed E-state index contributed by atoms with van der Waals surface area (Å²) < 4.78 is 4.58. The van der Waals surface area contributed by atoms with Crippen molar-refractivity contribution in [2.45, 2.75) is 6.04 Å². The maximum absolute atomic E-state index is 11.5. The molecule has 1 aromatic heterocycles. The molecule has 1 atom stereocenters. The molecule has 1 unspecified atom stereocenters. The Kier molecular flexibility index (Phi) is 6.05. The van der Waals surface area contributed by atoms with Crippen LogP contribution in [0.25, 0.3) is 0 Å². The average Bonchev–Trinajstić information content (AvgIpc) is 2.72. The summed E-state index contributed by atoms with van der Waals surface area (Å²) in [5.41, 5.74) is 1.19. The molecule has 10 heteroatoms. The first-order valence-electron chi connectivity index (χ1n) is 8.56. The summed E-state index contributed by atoms with van der Waals surface area (Å²) >= 11 is 0. The number of phenolic OH excluding ortho intramolecular Hbond substituents is 1. The minimum Gasteiger partial charge on any atom is -0.507 e. The van der Waals surface area contributed by atoms with E-state index in [2.05, 4.69) is 30.3 Å². The lowest BCUT2D eigenvalue weighted by Crippen LogP contribution is -2.17. The number of ether oxygens (including phenoxy) is 1. The zero-order chi connectivity index (χ0) is 20.8. The second-order valence-corrected chi connectivity index (χ2v) is 5.92. The predicted octanol–water partition coefficient (Wildman–Crippen LogP) is 1.96. The van der Waals surface area contributed by atoms with Gasteiger partial charge in [-0.3, -0.25) is 0 Å². The van der Waals surface area contributed by atoms with Gasteiger partial charge in [-0.2, -0.15) is 15.0 Å². The Labute approximate surface area is 165 Å². The summed E-state index contributed by atoms with van der Waals surface area (Å²) in [4.78, 5) is 23.3. The highest BCUT2D eigenvalue weighted by atomic mass is 16.5. The fraction of sp³-hybridized carbons (Fsp3) is 0.158. The Morgan fingerprint density at radius 1 is 1.07 bits per heavy atom. The van der Waals surface area contributed by atoms with Gasteiger partial charge in [0.15, 0.2) is 0 Å². The number of hydrogen-bond donors (Lipinski definition) is 5. The van der Waals surface area contributed by atoms with E-state index in [0.717, 1.165) is 5.56 Å². The number of anilines is 3. The normalized spacial score (nSPS) is 11.5. The third-order valence-electron chi connectivity index (χ3n) is 3.97. The molecule has 5 N–H and O–H groups in total. The molecule has 0 fully saturated rings. The lowest BCUT2D eigenvalue weighted by Gasteiger charge is -2.17. The van der Waals surface area contributed by atoms with Crippen LogP contribution < -0.4 is 10.6 Å². The zero-order valence-corrected chi connectivity index (χ0v) is 15.4. The molecule has 0 radical (unpaired) electrons. The van der Waals surface area contributed by atoms with Crippen molar-refractivity contribution in [2.75, 3.05) is 24.4 Å². The Bertz CT molecular complexity index is 1000. The van der Waals surface area contributed by atoms with Crippen molar-refractivity contribution in [1.82, 2.24) is 15.0 Å². The number of methoxy groups -OCH3 is 1. The number of nitrogens with one attached hydrogen (secondary N) is 2. The molecule has 0 spiro atoms. The topological polar surface area (TPSA) is 150 Å². The van der Waals surface area contributed by atoms with Crippen LogP contribution in [0.3, 0.4) is 0 Å². The van der Waals surface area contributed by atoms with Gasteiger partial charge in [-0.05, 0) is 17.7 Å². The van der Waals surface area contributed by atoms with Gasteiger partial charge in [-0.25, -0.2) is 4.79 Å². The first-order chi connectivity index (χ1) is 14.0. The van der Waals surface area contributed by atoms with Crippen LogP contribution in [0.4, 0.5) is 17.6 Å². The van der Waals surface area contributed by atoms with Crippen LogP contribution in [0, 0.1) is 0 Å². The first-order valence-corrected chi connectivity index (χ1v) is 8.56. The fourth-order valence-corrected chi connectivity index (χ4v) is 2.58. The van der Waals surface area contributed by atoms with Gasteiger partial charge in [0.2, 0.25) is 11.9 Å². The van der Waals surface area contributed by atoms with E-state index in [0.29, 0.717) is 5.69 Å². The zero-order valence-electron chi connectivity index (χ0n) is 15.4. The molecule has 3 aromatic rings. The third kappa shape index (κ3) is 4.87. The number of carbonyl (C=O) groups is 1. The first kappa shape index (κ1) is 19.8. The molecule has 150 valence electrons. The highest BCUT2D eigenvalue weighted by molar-refractivity contribution is 5.93. The predicted molar refractivity (Wildman–Crippen MR) is 104 cm³/mol. The third-order valence-corrected chi connectivity index (χ3v) is 3.97. The van der Waals surface area contributed by atoms with Crippen LogP contribution in [0.2, 0.25) is 0 Å². The standard InChI is InChI=1S/C19H19N5O5/c1-29-16(27)13-8-7-12(9-15(13)26)20-17-22-18(24-19(28)23-17)21-14(10-25)11-5-3-2-4-6-11/h2-9,14,25-26H,10H2,1H3,(H3,20,21,22,23,24,28). The van der Waals surface area contributed by atoms with E-state index in [-0.39, 0.29) is 29.8 Å². The number of aliphatic hydroxyl groups excluding tert-OH is 1. The Morgan fingerprint density at radius 2 is 1.79 bits per heavy atom. The number of benzene rings is 2. The Balaban J connectivity index is 1.80. The van der Waals surface area contributed by atoms with Crippen molar-refractivity contribution in [3.63, 3.8) is 0 Å². The van der Waals surface area contributed by atoms with Gasteiger partial charge in [0.1, 0.15) is 11.3 Å². The summed E-state index contributed by atoms with van der Waals surface area (Å²) in [5, 5.41) is 35.2. The molecule has 0 saturated heterocycles. The maximum Gasteiger partial charge on any atom is 0.341 e. The summed E-state index contributed by atoms with van der Waals surface area (Å²) in [5.74, 6) is -0.925. The van der Waals surface area contributed by atoms with E-state index in [1.807, 2.05) is 30.3 Å². The highest BCUT2D eigenvalue weighted by Gasteiger charge is 2.15. The molecule has 0 bridgehead atoms. The van der Waals surface area contributed by atoms with Crippen molar-refractivity contribution >= 4 is 23.6 Å². The van der Waals surface area contributed by atoms with Crippen LogP contribution in [0.1, 0.15) is 22.0 Å². The lowest BCUT2D eigenvalue weighted by molar-refractivity contribution is 0.0597. The number of phenols is 1. The Hall–Kier alpha value is -3.92. The van der Waals surface area contributed by atoms with Crippen LogP contribution in [-0.2, 0) is 4.74 Å². The van der Waals surface area contributed by atoms with Crippen LogP contribution in [-0.4, -0.2) is 50.0 Å². The number of aromatic hydroxyl groups is 2. The van der Waals surface area contributed by atoms with E-state index >= 15 is 0 Å². The van der Waals surface area contributed by atoms with Crippen molar-refractivity contribution in [3.8, 4) is 11.8 Å². The minimum absolute atomic E-state index is 0.00466. The van der Waals surface area contributed by atoms with Crippen molar-refractivity contribution in [1.29, 1.82) is 0 Å². The largest absolute Gasteiger partial charge is 0.507 e. The minimum atomic E-state index is -0.672. The van der Waals surface area contributed by atoms with E-state index in [1.54, 1.807) is 0 Å². The molecule has 0 aliphatic rings. The van der Waals surface area contributed by atoms with Gasteiger partial charge >= 0.3 is 12.0 Å². The van der Waals surface area contributed by atoms with Gasteiger partial charge < -0.3 is 30.7 Å². The molecule has 0 aliphatic heterocycles. The molecule has 0 amide bonds. The van der Waals surface area contributed by atoms with Gasteiger partial charge in [0, 0.05) is 11.8 Å². The van der Waals surface area contributed by atoms with Gasteiger partial charge in [-0.15, -0.1) is 0 Å². The van der Waals surface area contributed by atoms with Crippen molar-refractivity contribution in [3.05, 3.63) is 59.7 Å². The van der Waals surface area contributed by atoms with E-state index < -0.39 is 18.0 Å². The molecule has 0 saturated carbocycles. The molecule has 1 heterocycles. The lowest BCUT2D eigenvalue weighted by atomic mass is 10.1. The monoisotopic (exact) mass is 397 g/mol. The smallest absolute Gasteiger partial charge is 0.341 e. The van der Waals surface area contributed by atoms with E-state index in [1.165, 1.54) is 25.3 Å².